The maximum atomic E-state index is 13.6. The third-order valence-corrected chi connectivity index (χ3v) is 11.3. The molecule has 0 radical (unpaired) electrons. The summed E-state index contributed by atoms with van der Waals surface area (Å²) >= 11 is 31.6. The van der Waals surface area contributed by atoms with Gasteiger partial charge in [0.1, 0.15) is 22.9 Å². The fourth-order valence-electron chi connectivity index (χ4n) is 6.44. The molecule has 0 saturated carbocycles. The van der Waals surface area contributed by atoms with Gasteiger partial charge in [0.05, 0.1) is 40.4 Å². The molecule has 0 bridgehead atoms. The minimum Gasteiger partial charge on any atom is -0.493 e. The molecule has 16 nitrogen and oxygen atoms in total. The van der Waals surface area contributed by atoms with Crippen molar-refractivity contribution in [1.29, 1.82) is 0 Å². The summed E-state index contributed by atoms with van der Waals surface area (Å²) in [6.07, 6.45) is 0. The molecule has 360 valence electrons. The number of ether oxygens (including phenoxy) is 2. The van der Waals surface area contributed by atoms with Gasteiger partial charge in [-0.2, -0.15) is 20.5 Å². The molecule has 0 aliphatic carbocycles. The summed E-state index contributed by atoms with van der Waals surface area (Å²) in [6, 6.07) is 19.7. The number of hydrogen-bond acceptors (Lipinski definition) is 12. The number of alkyl halides is 3. The maximum absolute atomic E-state index is 13.6. The van der Waals surface area contributed by atoms with Crippen LogP contribution in [0.1, 0.15) is 77.4 Å². The molecule has 4 amide bonds. The van der Waals surface area contributed by atoms with E-state index in [0.717, 1.165) is 13.8 Å². The van der Waals surface area contributed by atoms with Gasteiger partial charge in [0.15, 0.2) is 11.6 Å². The highest BCUT2D eigenvalue weighted by molar-refractivity contribution is 6.33. The monoisotopic (exact) mass is 1040 g/mol. The molecule has 0 saturated heterocycles. The standard InChI is InChI=1S/C48H45Cl5N8O8/c1-6-68-41-12-8-10-36(32(41)23-49)55-45(64)28-14-17-34(52)39(20-28)58-60-43(26(4)62)47(66)54-30-16-19-38(31(22-30)25(3)51)57-48(67)44(27(5)63)61-59-40-21-29(15-18-35(40)53)46(65)56-37-11-9-13-42(69-7-2)33(37)24-50/h8-22,25,43-44H,6-7,23-24H2,1-5H3,(H,54,66)(H,55,64)(H,56,65)(H,57,67). The summed E-state index contributed by atoms with van der Waals surface area (Å²) in [4.78, 5) is 79.1. The molecule has 69 heavy (non-hydrogen) atoms. The molecule has 4 N–H and O–H groups in total. The van der Waals surface area contributed by atoms with E-state index >= 15 is 0 Å². The predicted octanol–water partition coefficient (Wildman–Crippen LogP) is 12.4. The Balaban J connectivity index is 1.29. The Morgan fingerprint density at radius 1 is 0.580 bits per heavy atom. The lowest BCUT2D eigenvalue weighted by molar-refractivity contribution is -0.127. The topological polar surface area (TPSA) is 218 Å². The molecule has 5 rings (SSSR count). The molecular formula is C48H45Cl5N8O8. The Morgan fingerprint density at radius 3 is 1.43 bits per heavy atom. The van der Waals surface area contributed by atoms with Gasteiger partial charge in [-0.3, -0.25) is 28.8 Å². The molecule has 5 aromatic rings. The number of Topliss-reactive ketones (excluding diaryl/α,β-unsaturated/α-hetero) is 2. The maximum Gasteiger partial charge on any atom is 0.258 e. The molecule has 0 spiro atoms. The van der Waals surface area contributed by atoms with E-state index < -0.39 is 52.7 Å². The SMILES string of the molecule is CCOc1cccc(NC(=O)c2ccc(Cl)c(N=NC(C(C)=O)C(=O)Nc3ccc(NC(=O)C(N=Nc4cc(C(=O)Nc5cccc(OCC)c5CCl)ccc4Cl)C(C)=O)c(C(C)Cl)c3)c2)c1CCl. The Hall–Kier alpha value is -6.43. The number of rotatable bonds is 21. The van der Waals surface area contributed by atoms with E-state index in [0.29, 0.717) is 52.8 Å². The van der Waals surface area contributed by atoms with Crippen LogP contribution in [0.15, 0.2) is 111 Å². The van der Waals surface area contributed by atoms with Gasteiger partial charge in [-0.15, -0.1) is 34.8 Å². The quantitative estimate of drug-likeness (QED) is 0.0314. The number of amides is 4. The Labute approximate surface area is 422 Å². The summed E-state index contributed by atoms with van der Waals surface area (Å²) in [5, 5.41) is 26.4. The number of ketones is 2. The number of hydrogen-bond donors (Lipinski definition) is 4. The first-order chi connectivity index (χ1) is 33.0. The average molecular weight is 1040 g/mol. The highest BCUT2D eigenvalue weighted by Gasteiger charge is 2.27. The van der Waals surface area contributed by atoms with Crippen LogP contribution in [0.25, 0.3) is 0 Å². The van der Waals surface area contributed by atoms with Gasteiger partial charge in [0, 0.05) is 45.0 Å². The molecule has 0 heterocycles. The van der Waals surface area contributed by atoms with Crippen molar-refractivity contribution in [3.63, 3.8) is 0 Å². The smallest absolute Gasteiger partial charge is 0.258 e. The van der Waals surface area contributed by atoms with Crippen molar-refractivity contribution in [2.24, 2.45) is 20.5 Å². The van der Waals surface area contributed by atoms with Gasteiger partial charge >= 0.3 is 0 Å². The van der Waals surface area contributed by atoms with Gasteiger partial charge < -0.3 is 30.7 Å². The Bertz CT molecular complexity index is 2820. The third-order valence-electron chi connectivity index (χ3n) is 9.88. The van der Waals surface area contributed by atoms with Crippen LogP contribution in [-0.4, -0.2) is 60.5 Å². The lowest BCUT2D eigenvalue weighted by Crippen LogP contribution is -2.32. The van der Waals surface area contributed by atoms with Crippen LogP contribution in [0, 0.1) is 0 Å². The molecule has 3 atom stereocenters. The summed E-state index contributed by atoms with van der Waals surface area (Å²) in [5.74, 6) is -2.91. The lowest BCUT2D eigenvalue weighted by Gasteiger charge is -2.17. The molecule has 0 fully saturated rings. The number of azo groups is 2. The van der Waals surface area contributed by atoms with E-state index in [1.165, 1.54) is 54.6 Å². The minimum atomic E-state index is -1.66. The van der Waals surface area contributed by atoms with Crippen LogP contribution in [0.2, 0.25) is 10.0 Å². The number of anilines is 4. The molecule has 3 unspecified atom stereocenters. The second-order valence-electron chi connectivity index (χ2n) is 14.8. The average Bonchev–Trinajstić information content (AvgIpc) is 3.30. The lowest BCUT2D eigenvalue weighted by atomic mass is 10.1. The molecule has 21 heteroatoms. The van der Waals surface area contributed by atoms with Crippen LogP contribution >= 0.6 is 58.0 Å². The minimum absolute atomic E-state index is 0.00363. The van der Waals surface area contributed by atoms with Crippen molar-refractivity contribution in [3.05, 3.63) is 129 Å². The number of nitrogens with one attached hydrogen (secondary N) is 4. The number of carbonyl (C=O) groups is 6. The first-order valence-electron chi connectivity index (χ1n) is 21.0. The fraction of sp³-hybridized carbons (Fsp3) is 0.250. The summed E-state index contributed by atoms with van der Waals surface area (Å²) in [7, 11) is 0. The number of halogens is 5. The van der Waals surface area contributed by atoms with Gasteiger partial charge in [-0.1, -0.05) is 35.3 Å². The summed E-state index contributed by atoms with van der Waals surface area (Å²) in [5.41, 5.74) is 3.01. The third kappa shape index (κ3) is 14.1. The molecule has 0 aromatic heterocycles. The van der Waals surface area contributed by atoms with Gasteiger partial charge in [0.25, 0.3) is 23.6 Å². The Kier molecular flexibility index (Phi) is 19.6. The highest BCUT2D eigenvalue weighted by Crippen LogP contribution is 2.34. The van der Waals surface area contributed by atoms with E-state index in [1.54, 1.807) is 43.3 Å². The van der Waals surface area contributed by atoms with Gasteiger partial charge in [-0.25, -0.2) is 0 Å². The van der Waals surface area contributed by atoms with Crippen LogP contribution in [-0.2, 0) is 30.9 Å². The largest absolute Gasteiger partial charge is 0.493 e. The van der Waals surface area contributed by atoms with E-state index in [1.807, 2.05) is 13.8 Å². The van der Waals surface area contributed by atoms with Crippen molar-refractivity contribution in [1.82, 2.24) is 0 Å². The van der Waals surface area contributed by atoms with E-state index in [-0.39, 0.29) is 55.7 Å². The van der Waals surface area contributed by atoms with Crippen molar-refractivity contribution in [2.45, 2.75) is 63.8 Å². The molecule has 5 aromatic carbocycles. The number of benzene rings is 5. The number of nitrogens with zero attached hydrogens (tertiary/aromatic N) is 4. The van der Waals surface area contributed by atoms with Crippen LogP contribution < -0.4 is 30.7 Å². The van der Waals surface area contributed by atoms with E-state index in [2.05, 4.69) is 41.7 Å². The zero-order chi connectivity index (χ0) is 50.4. The second-order valence-corrected chi connectivity index (χ2v) is 16.8. The Morgan fingerprint density at radius 2 is 1.03 bits per heavy atom. The van der Waals surface area contributed by atoms with Crippen LogP contribution in [0.4, 0.5) is 34.1 Å². The first kappa shape index (κ1) is 53.5. The van der Waals surface area contributed by atoms with Crippen molar-refractivity contribution < 1.29 is 38.2 Å². The molecule has 0 aliphatic rings. The summed E-state index contributed by atoms with van der Waals surface area (Å²) in [6.45, 7) is 8.36. The zero-order valence-corrected chi connectivity index (χ0v) is 41.4. The second kappa shape index (κ2) is 25.3. The van der Waals surface area contributed by atoms with Gasteiger partial charge in [0.2, 0.25) is 12.1 Å². The van der Waals surface area contributed by atoms with E-state index in [4.69, 9.17) is 67.5 Å². The van der Waals surface area contributed by atoms with Crippen LogP contribution in [0.3, 0.4) is 0 Å². The van der Waals surface area contributed by atoms with Crippen molar-refractivity contribution in [3.8, 4) is 11.5 Å². The predicted molar refractivity (Wildman–Crippen MR) is 269 cm³/mol. The van der Waals surface area contributed by atoms with Crippen LogP contribution in [0.5, 0.6) is 11.5 Å². The zero-order valence-electron chi connectivity index (χ0n) is 37.7. The van der Waals surface area contributed by atoms with Gasteiger partial charge in [-0.05, 0) is 119 Å². The van der Waals surface area contributed by atoms with Crippen molar-refractivity contribution in [2.75, 3.05) is 34.5 Å². The molecule has 0 aliphatic heterocycles. The molecular weight excluding hydrogens is 994 g/mol. The fourth-order valence-corrected chi connectivity index (χ4v) is 7.49. The normalized spacial score (nSPS) is 12.5. The highest BCUT2D eigenvalue weighted by atomic mass is 35.5. The first-order valence-corrected chi connectivity index (χ1v) is 23.3. The van der Waals surface area contributed by atoms with E-state index in [9.17, 15) is 28.8 Å². The number of carbonyl (C=O) groups excluding carboxylic acids is 6. The summed E-state index contributed by atoms with van der Waals surface area (Å²) < 4.78 is 11.3. The van der Waals surface area contributed by atoms with Crippen molar-refractivity contribution >= 4 is 127 Å².